The number of halogens is 2. The Balaban J connectivity index is 1.59. The van der Waals surface area contributed by atoms with Crippen LogP contribution in [0, 0.1) is 13.8 Å². The lowest BCUT2D eigenvalue weighted by Gasteiger charge is -2.26. The van der Waals surface area contributed by atoms with Crippen LogP contribution >= 0.6 is 27.5 Å². The molecule has 37 heavy (non-hydrogen) atoms. The van der Waals surface area contributed by atoms with E-state index in [-0.39, 0.29) is 29.5 Å². The molecule has 0 aliphatic carbocycles. The zero-order valence-electron chi connectivity index (χ0n) is 19.8. The molecule has 0 atom stereocenters. The van der Waals surface area contributed by atoms with E-state index in [0.717, 1.165) is 16.0 Å². The van der Waals surface area contributed by atoms with E-state index < -0.39 is 17.8 Å². The van der Waals surface area contributed by atoms with Crippen molar-refractivity contribution in [1.82, 2.24) is 5.32 Å². The fourth-order valence-electron chi connectivity index (χ4n) is 3.64. The van der Waals surface area contributed by atoms with Gasteiger partial charge in [0.25, 0.3) is 17.7 Å². The second-order valence-corrected chi connectivity index (χ2v) is 9.56. The molecule has 0 saturated carbocycles. The van der Waals surface area contributed by atoms with Crippen LogP contribution in [0.2, 0.25) is 5.02 Å². The highest BCUT2D eigenvalue weighted by Gasteiger charge is 2.37. The van der Waals surface area contributed by atoms with Crippen LogP contribution in [0.4, 0.5) is 16.2 Å². The van der Waals surface area contributed by atoms with Crippen molar-refractivity contribution in [3.05, 3.63) is 92.4 Å². The first kappa shape index (κ1) is 26.1. The summed E-state index contributed by atoms with van der Waals surface area (Å²) < 4.78 is 6.39. The fraction of sp³-hybridized carbons (Fsp3) is 0.111. The van der Waals surface area contributed by atoms with Crippen molar-refractivity contribution in [2.45, 2.75) is 13.8 Å². The molecular formula is C27H21BrClN3O5. The molecule has 0 spiro atoms. The minimum atomic E-state index is -0.886. The van der Waals surface area contributed by atoms with E-state index in [2.05, 4.69) is 26.6 Å². The number of carbonyl (C=O) groups excluding carboxylic acids is 4. The normalized spacial score (nSPS) is 14.5. The molecule has 1 fully saturated rings. The summed E-state index contributed by atoms with van der Waals surface area (Å²) in [6.45, 7) is 3.56. The Labute approximate surface area is 226 Å². The van der Waals surface area contributed by atoms with E-state index >= 15 is 0 Å². The molecule has 1 saturated heterocycles. The van der Waals surface area contributed by atoms with E-state index in [4.69, 9.17) is 16.3 Å². The van der Waals surface area contributed by atoms with E-state index in [9.17, 15) is 19.2 Å². The standard InChI is InChI=1S/C27H21BrClN3O5/c1-15-5-3-8-22(16(15)2)30-24(33)14-37-23-10-9-18(28)11-17(23)12-21-25(34)31-27(36)32(26(21)35)20-7-4-6-19(29)13-20/h3-13H,14H2,1-2H3,(H,30,33)(H,31,34,36)/b21-12+. The summed E-state index contributed by atoms with van der Waals surface area (Å²) in [5.41, 5.74) is 2.95. The van der Waals surface area contributed by atoms with Gasteiger partial charge in [-0.3, -0.25) is 19.7 Å². The molecule has 4 rings (SSSR count). The molecule has 8 nitrogen and oxygen atoms in total. The van der Waals surface area contributed by atoms with Crippen molar-refractivity contribution in [2.75, 3.05) is 16.8 Å². The van der Waals surface area contributed by atoms with Gasteiger partial charge >= 0.3 is 6.03 Å². The first-order valence-corrected chi connectivity index (χ1v) is 12.3. The highest BCUT2D eigenvalue weighted by Crippen LogP contribution is 2.29. The van der Waals surface area contributed by atoms with Crippen molar-refractivity contribution in [3.63, 3.8) is 0 Å². The summed E-state index contributed by atoms with van der Waals surface area (Å²) in [5.74, 6) is -1.79. The molecular weight excluding hydrogens is 562 g/mol. The second kappa shape index (κ2) is 11.0. The van der Waals surface area contributed by atoms with Gasteiger partial charge in [0.15, 0.2) is 6.61 Å². The van der Waals surface area contributed by atoms with Crippen LogP contribution in [0.25, 0.3) is 6.08 Å². The number of nitrogens with zero attached hydrogens (tertiary/aromatic N) is 1. The van der Waals surface area contributed by atoms with Crippen LogP contribution in [0.5, 0.6) is 5.75 Å². The number of ether oxygens (including phenoxy) is 1. The number of hydrogen-bond acceptors (Lipinski definition) is 5. The minimum Gasteiger partial charge on any atom is -0.483 e. The third kappa shape index (κ3) is 5.90. The Bertz CT molecular complexity index is 1470. The molecule has 1 aliphatic heterocycles. The van der Waals surface area contributed by atoms with E-state index in [1.54, 1.807) is 36.4 Å². The maximum atomic E-state index is 13.2. The Morgan fingerprint density at radius 3 is 2.59 bits per heavy atom. The molecule has 10 heteroatoms. The first-order chi connectivity index (χ1) is 17.6. The fourth-order valence-corrected chi connectivity index (χ4v) is 4.21. The van der Waals surface area contributed by atoms with Gasteiger partial charge in [0.1, 0.15) is 11.3 Å². The van der Waals surface area contributed by atoms with Gasteiger partial charge in [-0.1, -0.05) is 45.7 Å². The van der Waals surface area contributed by atoms with Crippen LogP contribution in [0.1, 0.15) is 16.7 Å². The molecule has 0 bridgehead atoms. The summed E-state index contributed by atoms with van der Waals surface area (Å²) in [6.07, 6.45) is 1.31. The predicted octanol–water partition coefficient (Wildman–Crippen LogP) is 5.40. The molecule has 0 unspecified atom stereocenters. The zero-order valence-corrected chi connectivity index (χ0v) is 22.1. The number of imide groups is 2. The molecule has 2 N–H and O–H groups in total. The summed E-state index contributed by atoms with van der Waals surface area (Å²) in [5, 5.41) is 5.31. The lowest BCUT2D eigenvalue weighted by Crippen LogP contribution is -2.54. The minimum absolute atomic E-state index is 0.210. The summed E-state index contributed by atoms with van der Waals surface area (Å²) in [4.78, 5) is 51.6. The monoisotopic (exact) mass is 581 g/mol. The Morgan fingerprint density at radius 2 is 1.84 bits per heavy atom. The van der Waals surface area contributed by atoms with Gasteiger partial charge in [0, 0.05) is 20.7 Å². The van der Waals surface area contributed by atoms with Crippen LogP contribution in [0.15, 0.2) is 70.7 Å². The third-order valence-electron chi connectivity index (χ3n) is 5.68. The van der Waals surface area contributed by atoms with Crippen LogP contribution in [-0.2, 0) is 14.4 Å². The maximum Gasteiger partial charge on any atom is 0.335 e. The number of aryl methyl sites for hydroxylation is 1. The van der Waals surface area contributed by atoms with Crippen molar-refractivity contribution < 1.29 is 23.9 Å². The van der Waals surface area contributed by atoms with Crippen LogP contribution in [-0.4, -0.2) is 30.4 Å². The lowest BCUT2D eigenvalue weighted by atomic mass is 10.1. The van der Waals surface area contributed by atoms with Crippen LogP contribution < -0.4 is 20.3 Å². The Hall–Kier alpha value is -3.95. The lowest BCUT2D eigenvalue weighted by molar-refractivity contribution is -0.122. The second-order valence-electron chi connectivity index (χ2n) is 8.20. The zero-order chi connectivity index (χ0) is 26.7. The molecule has 5 amide bonds. The van der Waals surface area contributed by atoms with Crippen LogP contribution in [0.3, 0.4) is 0 Å². The molecule has 1 aliphatic rings. The predicted molar refractivity (Wildman–Crippen MR) is 145 cm³/mol. The molecule has 188 valence electrons. The number of amides is 5. The third-order valence-corrected chi connectivity index (χ3v) is 6.41. The number of anilines is 2. The Kier molecular flexibility index (Phi) is 7.75. The topological polar surface area (TPSA) is 105 Å². The van der Waals surface area contributed by atoms with Crippen molar-refractivity contribution in [3.8, 4) is 5.75 Å². The number of rotatable bonds is 6. The number of benzene rings is 3. The highest BCUT2D eigenvalue weighted by molar-refractivity contribution is 9.10. The van der Waals surface area contributed by atoms with Gasteiger partial charge in [-0.2, -0.15) is 0 Å². The van der Waals surface area contributed by atoms with E-state index in [0.29, 0.717) is 20.7 Å². The quantitative estimate of drug-likeness (QED) is 0.299. The molecule has 0 aromatic heterocycles. The largest absolute Gasteiger partial charge is 0.483 e. The van der Waals surface area contributed by atoms with Crippen molar-refractivity contribution in [1.29, 1.82) is 0 Å². The Morgan fingerprint density at radius 1 is 1.08 bits per heavy atom. The van der Waals surface area contributed by atoms with Gasteiger partial charge in [0.2, 0.25) is 0 Å². The van der Waals surface area contributed by atoms with Crippen molar-refractivity contribution >= 4 is 68.7 Å². The first-order valence-electron chi connectivity index (χ1n) is 11.1. The average molecular weight is 583 g/mol. The number of hydrogen-bond donors (Lipinski definition) is 2. The number of urea groups is 1. The highest BCUT2D eigenvalue weighted by atomic mass is 79.9. The number of carbonyl (C=O) groups is 4. The molecule has 3 aromatic rings. The van der Waals surface area contributed by atoms with Gasteiger partial charge < -0.3 is 10.1 Å². The number of nitrogens with one attached hydrogen (secondary N) is 2. The van der Waals surface area contributed by atoms with Gasteiger partial charge in [0.05, 0.1) is 5.69 Å². The SMILES string of the molecule is Cc1cccc(NC(=O)COc2ccc(Br)cc2/C=C2\C(=O)NC(=O)N(c3cccc(Cl)c3)C2=O)c1C. The van der Waals surface area contributed by atoms with Crippen molar-refractivity contribution in [2.24, 2.45) is 0 Å². The smallest absolute Gasteiger partial charge is 0.335 e. The van der Waals surface area contributed by atoms with E-state index in [1.165, 1.54) is 18.2 Å². The average Bonchev–Trinajstić information content (AvgIpc) is 2.84. The van der Waals surface area contributed by atoms with Gasteiger partial charge in [-0.15, -0.1) is 0 Å². The molecule has 0 radical (unpaired) electrons. The summed E-state index contributed by atoms with van der Waals surface area (Å²) in [7, 11) is 0. The molecule has 3 aromatic carbocycles. The maximum absolute atomic E-state index is 13.2. The van der Waals surface area contributed by atoms with E-state index in [1.807, 2.05) is 26.0 Å². The summed E-state index contributed by atoms with van der Waals surface area (Å²) >= 11 is 9.38. The number of barbiturate groups is 1. The van der Waals surface area contributed by atoms with Gasteiger partial charge in [-0.25, -0.2) is 9.69 Å². The summed E-state index contributed by atoms with van der Waals surface area (Å²) in [6, 6.07) is 15.8. The molecule has 1 heterocycles. The van der Waals surface area contributed by atoms with Gasteiger partial charge in [-0.05, 0) is 73.5 Å².